The molecule has 1 aromatic carbocycles. The highest BCUT2D eigenvalue weighted by molar-refractivity contribution is 6.34. The average Bonchev–Trinajstić information content (AvgIpc) is 3.30. The Morgan fingerprint density at radius 2 is 2.31 bits per heavy atom. The third-order valence-corrected chi connectivity index (χ3v) is 5.24. The van der Waals surface area contributed by atoms with Gasteiger partial charge in [0, 0.05) is 24.7 Å². The molecule has 2 aliphatic rings. The molecule has 1 fully saturated rings. The quantitative estimate of drug-likeness (QED) is 0.893. The summed E-state index contributed by atoms with van der Waals surface area (Å²) in [7, 11) is 0. The number of hydrogen-bond donors (Lipinski definition) is 1. The van der Waals surface area contributed by atoms with E-state index in [-0.39, 0.29) is 17.7 Å². The summed E-state index contributed by atoms with van der Waals surface area (Å²) in [5.41, 5.74) is 1.33. The Hall–Kier alpha value is -2.28. The molecule has 0 unspecified atom stereocenters. The molecule has 0 spiro atoms. The van der Waals surface area contributed by atoms with Gasteiger partial charge in [-0.05, 0) is 32.8 Å². The number of ether oxygens (including phenoxy) is 1. The molecule has 138 valence electrons. The summed E-state index contributed by atoms with van der Waals surface area (Å²) in [6.07, 6.45) is 6.16. The number of aromatic nitrogens is 3. The monoisotopic (exact) mass is 375 g/mol. The second-order valence-corrected chi connectivity index (χ2v) is 7.90. The van der Waals surface area contributed by atoms with E-state index in [0.29, 0.717) is 29.5 Å². The van der Waals surface area contributed by atoms with Crippen molar-refractivity contribution in [2.24, 2.45) is 0 Å². The molecule has 2 aliphatic heterocycles. The number of carbonyl (C=O) groups excluding carboxylic acids is 1. The van der Waals surface area contributed by atoms with E-state index in [9.17, 15) is 4.79 Å². The highest BCUT2D eigenvalue weighted by atomic mass is 35.5. The SMILES string of the molecule is CC1(C)Cc2ccc(Cl)c(NC(=O)N3CCC[C@H]3Cn3ccnn3)c2O1. The number of fused-ring (bicyclic) bond motifs is 1. The van der Waals surface area contributed by atoms with E-state index >= 15 is 0 Å². The minimum absolute atomic E-state index is 0.0876. The van der Waals surface area contributed by atoms with Crippen molar-refractivity contribution in [3.63, 3.8) is 0 Å². The fourth-order valence-electron chi connectivity index (χ4n) is 3.76. The first-order chi connectivity index (χ1) is 12.4. The van der Waals surface area contributed by atoms with Gasteiger partial charge in [-0.15, -0.1) is 5.10 Å². The number of likely N-dealkylation sites (tertiary alicyclic amines) is 1. The number of halogens is 1. The van der Waals surface area contributed by atoms with Crippen molar-refractivity contribution >= 4 is 23.3 Å². The number of nitrogens with zero attached hydrogens (tertiary/aromatic N) is 4. The molecule has 2 amide bonds. The van der Waals surface area contributed by atoms with Crippen LogP contribution >= 0.6 is 11.6 Å². The van der Waals surface area contributed by atoms with Crippen LogP contribution in [-0.4, -0.2) is 44.1 Å². The van der Waals surface area contributed by atoms with Gasteiger partial charge in [0.25, 0.3) is 0 Å². The Labute approximate surface area is 157 Å². The fourth-order valence-corrected chi connectivity index (χ4v) is 3.96. The number of nitrogens with one attached hydrogen (secondary N) is 1. The summed E-state index contributed by atoms with van der Waals surface area (Å²) in [5.74, 6) is 0.683. The summed E-state index contributed by atoms with van der Waals surface area (Å²) in [6, 6.07) is 3.71. The van der Waals surface area contributed by atoms with Crippen molar-refractivity contribution in [1.29, 1.82) is 0 Å². The maximum atomic E-state index is 12.9. The molecule has 1 N–H and O–H groups in total. The lowest BCUT2D eigenvalue weighted by atomic mass is 10.0. The van der Waals surface area contributed by atoms with E-state index < -0.39 is 0 Å². The summed E-state index contributed by atoms with van der Waals surface area (Å²) in [6.45, 7) is 5.41. The zero-order valence-electron chi connectivity index (χ0n) is 14.9. The molecule has 1 atom stereocenters. The zero-order chi connectivity index (χ0) is 18.3. The minimum Gasteiger partial charge on any atom is -0.485 e. The highest BCUT2D eigenvalue weighted by Gasteiger charge is 2.35. The standard InChI is InChI=1S/C18H22ClN5O2/c1-18(2)10-12-5-6-14(19)15(16(12)26-18)21-17(25)24-8-3-4-13(24)11-23-9-7-20-22-23/h5-7,9,13H,3-4,8,10-11H2,1-2H3,(H,21,25)/t13-/m0/s1. The van der Waals surface area contributed by atoms with Crippen molar-refractivity contribution < 1.29 is 9.53 Å². The van der Waals surface area contributed by atoms with Gasteiger partial charge in [-0.1, -0.05) is 22.9 Å². The summed E-state index contributed by atoms with van der Waals surface area (Å²) in [4.78, 5) is 14.8. The molecule has 0 saturated carbocycles. The summed E-state index contributed by atoms with van der Waals surface area (Å²) < 4.78 is 7.80. The van der Waals surface area contributed by atoms with Crippen LogP contribution in [0.4, 0.5) is 10.5 Å². The predicted octanol–water partition coefficient (Wildman–Crippen LogP) is 3.34. The Bertz CT molecular complexity index is 821. The highest BCUT2D eigenvalue weighted by Crippen LogP contribution is 2.44. The van der Waals surface area contributed by atoms with E-state index in [1.54, 1.807) is 10.9 Å². The van der Waals surface area contributed by atoms with Crippen LogP contribution in [0.25, 0.3) is 0 Å². The van der Waals surface area contributed by atoms with E-state index in [4.69, 9.17) is 16.3 Å². The van der Waals surface area contributed by atoms with Gasteiger partial charge in [-0.25, -0.2) is 4.79 Å². The number of amides is 2. The van der Waals surface area contributed by atoms with E-state index in [1.165, 1.54) is 0 Å². The summed E-state index contributed by atoms with van der Waals surface area (Å²) in [5, 5.41) is 11.3. The third kappa shape index (κ3) is 3.23. The van der Waals surface area contributed by atoms with E-state index in [1.807, 2.05) is 37.1 Å². The van der Waals surface area contributed by atoms with Gasteiger partial charge in [0.15, 0.2) is 0 Å². The number of rotatable bonds is 3. The lowest BCUT2D eigenvalue weighted by molar-refractivity contribution is 0.139. The molecule has 0 radical (unpaired) electrons. The Kier molecular flexibility index (Phi) is 4.26. The molecule has 26 heavy (non-hydrogen) atoms. The van der Waals surface area contributed by atoms with Crippen molar-refractivity contribution in [2.45, 2.75) is 51.3 Å². The Balaban J connectivity index is 1.53. The van der Waals surface area contributed by atoms with E-state index in [2.05, 4.69) is 15.6 Å². The molecule has 3 heterocycles. The van der Waals surface area contributed by atoms with Gasteiger partial charge in [0.2, 0.25) is 0 Å². The smallest absolute Gasteiger partial charge is 0.322 e. The number of hydrogen-bond acceptors (Lipinski definition) is 4. The van der Waals surface area contributed by atoms with Crippen LogP contribution in [0.1, 0.15) is 32.3 Å². The normalized spacial score (nSPS) is 20.7. The van der Waals surface area contributed by atoms with Crippen LogP contribution in [-0.2, 0) is 13.0 Å². The number of benzene rings is 1. The van der Waals surface area contributed by atoms with Crippen molar-refractivity contribution in [3.05, 3.63) is 35.1 Å². The largest absolute Gasteiger partial charge is 0.485 e. The molecule has 1 saturated heterocycles. The second-order valence-electron chi connectivity index (χ2n) is 7.49. The first-order valence-electron chi connectivity index (χ1n) is 8.85. The molecule has 0 bridgehead atoms. The number of urea groups is 1. The van der Waals surface area contributed by atoms with Gasteiger partial charge >= 0.3 is 6.03 Å². The van der Waals surface area contributed by atoms with Crippen LogP contribution in [0.2, 0.25) is 5.02 Å². The number of anilines is 1. The molecular weight excluding hydrogens is 354 g/mol. The minimum atomic E-state index is -0.296. The molecule has 0 aliphatic carbocycles. The maximum Gasteiger partial charge on any atom is 0.322 e. The van der Waals surface area contributed by atoms with Gasteiger partial charge in [0.1, 0.15) is 17.0 Å². The van der Waals surface area contributed by atoms with Crippen molar-refractivity contribution in [1.82, 2.24) is 19.9 Å². The molecule has 8 heteroatoms. The molecule has 2 aromatic rings. The van der Waals surface area contributed by atoms with Crippen molar-refractivity contribution in [2.75, 3.05) is 11.9 Å². The van der Waals surface area contributed by atoms with Crippen LogP contribution in [0.15, 0.2) is 24.5 Å². The average molecular weight is 376 g/mol. The fraction of sp³-hybridized carbons (Fsp3) is 0.500. The van der Waals surface area contributed by atoms with Gasteiger partial charge in [-0.3, -0.25) is 4.68 Å². The van der Waals surface area contributed by atoms with Crippen LogP contribution in [0, 0.1) is 0 Å². The topological polar surface area (TPSA) is 72.3 Å². The lowest BCUT2D eigenvalue weighted by Crippen LogP contribution is -2.41. The summed E-state index contributed by atoms with van der Waals surface area (Å²) >= 11 is 6.37. The maximum absolute atomic E-state index is 12.9. The van der Waals surface area contributed by atoms with E-state index in [0.717, 1.165) is 24.8 Å². The predicted molar refractivity (Wildman–Crippen MR) is 98.6 cm³/mol. The lowest BCUT2D eigenvalue weighted by Gasteiger charge is -2.26. The molecular formula is C18H22ClN5O2. The first kappa shape index (κ1) is 17.1. The second kappa shape index (κ2) is 6.46. The van der Waals surface area contributed by atoms with Crippen molar-refractivity contribution in [3.8, 4) is 5.75 Å². The molecule has 1 aromatic heterocycles. The molecule has 4 rings (SSSR count). The van der Waals surface area contributed by atoms with Gasteiger partial charge < -0.3 is 15.0 Å². The first-order valence-corrected chi connectivity index (χ1v) is 9.23. The van der Waals surface area contributed by atoms with Crippen LogP contribution in [0.5, 0.6) is 5.75 Å². The third-order valence-electron chi connectivity index (χ3n) is 4.92. The van der Waals surface area contributed by atoms with Gasteiger partial charge in [-0.2, -0.15) is 0 Å². The van der Waals surface area contributed by atoms with Crippen LogP contribution in [0.3, 0.4) is 0 Å². The Morgan fingerprint density at radius 1 is 1.46 bits per heavy atom. The zero-order valence-corrected chi connectivity index (χ0v) is 15.7. The number of carbonyl (C=O) groups is 1. The molecule has 7 nitrogen and oxygen atoms in total. The Morgan fingerprint density at radius 3 is 3.08 bits per heavy atom. The van der Waals surface area contributed by atoms with Gasteiger partial charge in [0.05, 0.1) is 23.8 Å². The van der Waals surface area contributed by atoms with Crippen LogP contribution < -0.4 is 10.1 Å².